The molecule has 0 aliphatic heterocycles. The second-order valence-electron chi connectivity index (χ2n) is 4.34. The van der Waals surface area contributed by atoms with Crippen LogP contribution in [0.5, 0.6) is 5.75 Å². The number of benzene rings is 1. The Morgan fingerprint density at radius 2 is 2.05 bits per heavy atom. The summed E-state index contributed by atoms with van der Waals surface area (Å²) >= 11 is 1.65. The lowest BCUT2D eigenvalue weighted by molar-refractivity contribution is 0.0599. The summed E-state index contributed by atoms with van der Waals surface area (Å²) in [7, 11) is 1.39. The second kappa shape index (κ2) is 5.89. The molecule has 1 aromatic carbocycles. The summed E-state index contributed by atoms with van der Waals surface area (Å²) in [5.74, 6) is 0.487. The van der Waals surface area contributed by atoms with Crippen LogP contribution in [-0.4, -0.2) is 13.1 Å². The molecule has 2 aromatic rings. The zero-order valence-electron chi connectivity index (χ0n) is 11.2. The Hall–Kier alpha value is -1.81. The first-order valence-electron chi connectivity index (χ1n) is 5.95. The highest BCUT2D eigenvalue weighted by Gasteiger charge is 2.12. The molecular formula is C15H16O3S. The van der Waals surface area contributed by atoms with Crippen LogP contribution in [0.15, 0.2) is 29.0 Å². The number of thiophene rings is 1. The number of hydrogen-bond donors (Lipinski definition) is 0. The smallest absolute Gasteiger partial charge is 0.338 e. The van der Waals surface area contributed by atoms with E-state index in [-0.39, 0.29) is 5.97 Å². The normalized spacial score (nSPS) is 10.3. The van der Waals surface area contributed by atoms with E-state index in [1.165, 1.54) is 7.11 Å². The van der Waals surface area contributed by atoms with Crippen molar-refractivity contribution >= 4 is 17.3 Å². The highest BCUT2D eigenvalue weighted by Crippen LogP contribution is 2.24. The summed E-state index contributed by atoms with van der Waals surface area (Å²) < 4.78 is 10.5. The van der Waals surface area contributed by atoms with Gasteiger partial charge >= 0.3 is 5.97 Å². The molecule has 0 unspecified atom stereocenters. The summed E-state index contributed by atoms with van der Waals surface area (Å²) in [6.45, 7) is 4.35. The quantitative estimate of drug-likeness (QED) is 0.798. The van der Waals surface area contributed by atoms with Gasteiger partial charge in [0.1, 0.15) is 12.4 Å². The van der Waals surface area contributed by atoms with Gasteiger partial charge in [-0.3, -0.25) is 0 Å². The topological polar surface area (TPSA) is 35.5 Å². The number of hydrogen-bond acceptors (Lipinski definition) is 4. The Bertz CT molecular complexity index is 573. The van der Waals surface area contributed by atoms with Crippen LogP contribution in [0, 0.1) is 13.8 Å². The Morgan fingerprint density at radius 1 is 1.26 bits per heavy atom. The minimum absolute atomic E-state index is 0.315. The van der Waals surface area contributed by atoms with Gasteiger partial charge in [-0.25, -0.2) is 4.79 Å². The third-order valence-corrected chi connectivity index (χ3v) is 3.63. The van der Waals surface area contributed by atoms with Crippen LogP contribution in [0.1, 0.15) is 27.0 Å². The number of rotatable bonds is 4. The van der Waals surface area contributed by atoms with Gasteiger partial charge in [0.15, 0.2) is 0 Å². The zero-order valence-corrected chi connectivity index (χ0v) is 12.0. The molecule has 0 spiro atoms. The van der Waals surface area contributed by atoms with E-state index in [0.717, 1.165) is 22.4 Å². The van der Waals surface area contributed by atoms with E-state index in [1.807, 2.05) is 37.4 Å². The average Bonchev–Trinajstić information content (AvgIpc) is 2.91. The number of ether oxygens (including phenoxy) is 2. The maximum absolute atomic E-state index is 11.6. The molecule has 19 heavy (non-hydrogen) atoms. The van der Waals surface area contributed by atoms with E-state index in [1.54, 1.807) is 11.3 Å². The molecule has 0 N–H and O–H groups in total. The molecule has 0 saturated carbocycles. The molecule has 4 heteroatoms. The van der Waals surface area contributed by atoms with Crippen molar-refractivity contribution in [1.29, 1.82) is 0 Å². The summed E-state index contributed by atoms with van der Waals surface area (Å²) in [6, 6.07) is 5.73. The van der Waals surface area contributed by atoms with E-state index in [4.69, 9.17) is 9.47 Å². The second-order valence-corrected chi connectivity index (χ2v) is 5.12. The van der Waals surface area contributed by atoms with Gasteiger partial charge in [-0.2, -0.15) is 11.3 Å². The van der Waals surface area contributed by atoms with E-state index in [0.29, 0.717) is 12.2 Å². The van der Waals surface area contributed by atoms with Crippen molar-refractivity contribution in [3.05, 3.63) is 51.2 Å². The molecule has 100 valence electrons. The molecule has 2 rings (SSSR count). The number of esters is 1. The maximum Gasteiger partial charge on any atom is 0.338 e. The predicted octanol–water partition coefficient (Wildman–Crippen LogP) is 3.73. The number of carbonyl (C=O) groups is 1. The summed E-state index contributed by atoms with van der Waals surface area (Å²) in [6.07, 6.45) is 0. The zero-order chi connectivity index (χ0) is 13.8. The first-order valence-corrected chi connectivity index (χ1v) is 6.89. The van der Waals surface area contributed by atoms with Crippen LogP contribution >= 0.6 is 11.3 Å². The van der Waals surface area contributed by atoms with Gasteiger partial charge in [0.05, 0.1) is 12.7 Å². The largest absolute Gasteiger partial charge is 0.489 e. The molecule has 1 aromatic heterocycles. The van der Waals surface area contributed by atoms with E-state index in [2.05, 4.69) is 5.38 Å². The van der Waals surface area contributed by atoms with Crippen molar-refractivity contribution in [3.63, 3.8) is 0 Å². The molecule has 0 atom stereocenters. The minimum atomic E-state index is -0.315. The maximum atomic E-state index is 11.6. The lowest BCUT2D eigenvalue weighted by Crippen LogP contribution is -2.05. The molecule has 1 heterocycles. The molecule has 0 radical (unpaired) electrons. The third kappa shape index (κ3) is 3.15. The minimum Gasteiger partial charge on any atom is -0.489 e. The first kappa shape index (κ1) is 13.6. The molecule has 0 bridgehead atoms. The number of aryl methyl sites for hydroxylation is 2. The van der Waals surface area contributed by atoms with Crippen LogP contribution in [0.4, 0.5) is 0 Å². The Morgan fingerprint density at radius 3 is 2.68 bits per heavy atom. The van der Waals surface area contributed by atoms with Crippen molar-refractivity contribution in [2.24, 2.45) is 0 Å². The Labute approximate surface area is 116 Å². The van der Waals surface area contributed by atoms with Crippen LogP contribution in [0.2, 0.25) is 0 Å². The fourth-order valence-electron chi connectivity index (χ4n) is 1.81. The lowest BCUT2D eigenvalue weighted by atomic mass is 10.0. The van der Waals surface area contributed by atoms with Crippen molar-refractivity contribution in [2.75, 3.05) is 7.11 Å². The fourth-order valence-corrected chi connectivity index (χ4v) is 2.46. The molecule has 0 fully saturated rings. The van der Waals surface area contributed by atoms with Gasteiger partial charge < -0.3 is 9.47 Å². The van der Waals surface area contributed by atoms with Gasteiger partial charge in [0.2, 0.25) is 0 Å². The first-order chi connectivity index (χ1) is 9.11. The summed E-state index contributed by atoms with van der Waals surface area (Å²) in [5.41, 5.74) is 3.53. The molecular weight excluding hydrogens is 260 g/mol. The Kier molecular flexibility index (Phi) is 4.22. The van der Waals surface area contributed by atoms with Gasteiger partial charge in [0, 0.05) is 0 Å². The fraction of sp³-hybridized carbons (Fsp3) is 0.267. The van der Waals surface area contributed by atoms with Crippen molar-refractivity contribution in [2.45, 2.75) is 20.5 Å². The molecule has 3 nitrogen and oxygen atoms in total. The van der Waals surface area contributed by atoms with Gasteiger partial charge in [-0.1, -0.05) is 0 Å². The van der Waals surface area contributed by atoms with Gasteiger partial charge in [-0.15, -0.1) is 0 Å². The Balaban J connectivity index is 2.18. The van der Waals surface area contributed by atoms with Crippen molar-refractivity contribution in [1.82, 2.24) is 0 Å². The number of carbonyl (C=O) groups excluding carboxylic acids is 1. The predicted molar refractivity (Wildman–Crippen MR) is 75.9 cm³/mol. The average molecular weight is 276 g/mol. The van der Waals surface area contributed by atoms with Gasteiger partial charge in [0.25, 0.3) is 0 Å². The molecule has 0 aliphatic carbocycles. The standard InChI is InChI=1S/C15H16O3S/c1-10-7-14(18-8-12-4-5-19-9-12)11(2)6-13(10)15(16)17-3/h4-7,9H,8H2,1-3H3. The molecule has 0 aliphatic rings. The van der Waals surface area contributed by atoms with Crippen LogP contribution < -0.4 is 4.74 Å². The summed E-state index contributed by atoms with van der Waals surface area (Å²) in [5, 5.41) is 4.09. The highest BCUT2D eigenvalue weighted by atomic mass is 32.1. The van der Waals surface area contributed by atoms with Crippen molar-refractivity contribution in [3.8, 4) is 5.75 Å². The molecule has 0 saturated heterocycles. The van der Waals surface area contributed by atoms with Gasteiger partial charge in [-0.05, 0) is 59.5 Å². The van der Waals surface area contributed by atoms with Crippen LogP contribution in [0.25, 0.3) is 0 Å². The monoisotopic (exact) mass is 276 g/mol. The third-order valence-electron chi connectivity index (χ3n) is 2.90. The van der Waals surface area contributed by atoms with E-state index < -0.39 is 0 Å². The SMILES string of the molecule is COC(=O)c1cc(C)c(OCc2ccsc2)cc1C. The lowest BCUT2D eigenvalue weighted by Gasteiger charge is -2.12. The highest BCUT2D eigenvalue weighted by molar-refractivity contribution is 7.07. The van der Waals surface area contributed by atoms with Crippen molar-refractivity contribution < 1.29 is 14.3 Å². The van der Waals surface area contributed by atoms with Crippen LogP contribution in [-0.2, 0) is 11.3 Å². The number of methoxy groups -OCH3 is 1. The van der Waals surface area contributed by atoms with E-state index >= 15 is 0 Å². The van der Waals surface area contributed by atoms with E-state index in [9.17, 15) is 4.79 Å². The summed E-state index contributed by atoms with van der Waals surface area (Å²) in [4.78, 5) is 11.6. The molecule has 0 amide bonds. The van der Waals surface area contributed by atoms with Crippen LogP contribution in [0.3, 0.4) is 0 Å².